The summed E-state index contributed by atoms with van der Waals surface area (Å²) in [6.07, 6.45) is 2.16. The minimum atomic E-state index is -1.09. The smallest absolute Gasteiger partial charge is 0.530 e. The van der Waals surface area contributed by atoms with E-state index in [0.717, 1.165) is 6.42 Å². The maximum atomic E-state index is 9.98. The van der Waals surface area contributed by atoms with Crippen molar-refractivity contribution in [3.8, 4) is 0 Å². The van der Waals surface area contributed by atoms with Crippen LogP contribution >= 0.6 is 0 Å². The van der Waals surface area contributed by atoms with E-state index in [2.05, 4.69) is 24.3 Å². The normalized spacial score (nSPS) is 9.82. The standard InChI is InChI=1S/C9H7.3C5H11NO2.Zr/c1-2-5-9-7-3-6-8(9)4-1;3*1-3-6(4-2)5(7)8;/h1,3-5,7H,6H2;3*3-4H2,1-2H3,(H,7,8);/q-1;;;;+4/p-3. The van der Waals surface area contributed by atoms with Gasteiger partial charge in [-0.05, 0) is 48.0 Å². The van der Waals surface area contributed by atoms with Gasteiger partial charge in [-0.2, -0.15) is 24.3 Å². The first-order valence-electron chi connectivity index (χ1n) is 11.2. The number of carbonyl (C=O) groups is 3. The predicted molar refractivity (Wildman–Crippen MR) is 123 cm³/mol. The maximum absolute atomic E-state index is 9.98. The summed E-state index contributed by atoms with van der Waals surface area (Å²) >= 11 is 0. The number of allylic oxidation sites excluding steroid dienone is 1. The number of benzene rings is 1. The molecule has 0 aliphatic heterocycles. The van der Waals surface area contributed by atoms with Crippen LogP contribution < -0.4 is 15.3 Å². The Morgan fingerprint density at radius 1 is 0.765 bits per heavy atom. The molecule has 0 unspecified atom stereocenters. The molecule has 0 saturated heterocycles. The van der Waals surface area contributed by atoms with Crippen molar-refractivity contribution in [1.29, 1.82) is 0 Å². The van der Waals surface area contributed by atoms with Gasteiger partial charge < -0.3 is 44.4 Å². The quantitative estimate of drug-likeness (QED) is 0.484. The summed E-state index contributed by atoms with van der Waals surface area (Å²) in [6.45, 7) is 13.7. The Labute approximate surface area is 223 Å². The SMILES string of the molecule is CCN(CC)C(=O)[O-].CCN(CC)C(=O)[O-].CCN(CC)C(=O)[O-].[Zr+4].[c-]1ccc2c(c1)C=CC2. The molecule has 0 radical (unpaired) electrons. The number of carbonyl (C=O) groups excluding carboxylic acids is 3. The van der Waals surface area contributed by atoms with Crippen LogP contribution in [0.2, 0.25) is 0 Å². The Bertz CT molecular complexity index is 666. The molecule has 0 spiro atoms. The average molecular weight is 555 g/mol. The fourth-order valence-corrected chi connectivity index (χ4v) is 2.57. The third-order valence-corrected chi connectivity index (χ3v) is 4.69. The molecule has 0 fully saturated rings. The zero-order chi connectivity index (χ0) is 25.8. The van der Waals surface area contributed by atoms with Gasteiger partial charge in [-0.25, -0.2) is 0 Å². The van der Waals surface area contributed by atoms with Crippen LogP contribution in [0.4, 0.5) is 14.4 Å². The maximum Gasteiger partial charge on any atom is 4.00 e. The van der Waals surface area contributed by atoms with Crippen molar-refractivity contribution in [3.05, 3.63) is 41.5 Å². The predicted octanol–water partition coefficient (Wildman–Crippen LogP) is 1.07. The molecule has 2 rings (SSSR count). The van der Waals surface area contributed by atoms with E-state index in [1.165, 1.54) is 25.8 Å². The summed E-state index contributed by atoms with van der Waals surface area (Å²) in [5.41, 5.74) is 2.76. The van der Waals surface area contributed by atoms with Crippen molar-refractivity contribution in [1.82, 2.24) is 14.7 Å². The topological polar surface area (TPSA) is 130 Å². The van der Waals surface area contributed by atoms with Crippen LogP contribution in [0.3, 0.4) is 0 Å². The van der Waals surface area contributed by atoms with E-state index in [9.17, 15) is 29.7 Å². The number of amides is 3. The van der Waals surface area contributed by atoms with Gasteiger partial charge in [0.05, 0.1) is 0 Å². The molecular weight excluding hydrogens is 518 g/mol. The van der Waals surface area contributed by atoms with Crippen molar-refractivity contribution in [2.75, 3.05) is 39.3 Å². The van der Waals surface area contributed by atoms with E-state index in [-0.39, 0.29) is 26.2 Å². The summed E-state index contributed by atoms with van der Waals surface area (Å²) in [5, 5.41) is 29.9. The van der Waals surface area contributed by atoms with Gasteiger partial charge in [0.25, 0.3) is 0 Å². The molecule has 0 saturated carbocycles. The fourth-order valence-electron chi connectivity index (χ4n) is 2.57. The van der Waals surface area contributed by atoms with E-state index in [0.29, 0.717) is 39.3 Å². The van der Waals surface area contributed by atoms with Crippen LogP contribution in [0.25, 0.3) is 6.08 Å². The van der Waals surface area contributed by atoms with Crippen molar-refractivity contribution in [3.63, 3.8) is 0 Å². The Balaban J connectivity index is -0.000000374. The molecule has 1 aliphatic rings. The fraction of sp³-hybridized carbons (Fsp3) is 0.542. The van der Waals surface area contributed by atoms with Gasteiger partial charge in [0.1, 0.15) is 18.3 Å². The van der Waals surface area contributed by atoms with Crippen LogP contribution in [0, 0.1) is 6.07 Å². The zero-order valence-corrected chi connectivity index (χ0v) is 23.6. The molecule has 188 valence electrons. The van der Waals surface area contributed by atoms with E-state index in [1.54, 1.807) is 41.5 Å². The number of hydrogen-bond acceptors (Lipinski definition) is 6. The van der Waals surface area contributed by atoms with Crippen LogP contribution in [0.5, 0.6) is 0 Å². The molecule has 0 atom stereocenters. The van der Waals surface area contributed by atoms with Gasteiger partial charge in [0, 0.05) is 39.3 Å². The first kappa shape index (κ1) is 36.2. The second-order valence-corrected chi connectivity index (χ2v) is 6.55. The van der Waals surface area contributed by atoms with Gasteiger partial charge in [-0.15, -0.1) is 17.2 Å². The summed E-state index contributed by atoms with van der Waals surface area (Å²) in [4.78, 5) is 33.6. The number of rotatable bonds is 6. The summed E-state index contributed by atoms with van der Waals surface area (Å²) in [6, 6.07) is 9.15. The second-order valence-electron chi connectivity index (χ2n) is 6.55. The molecular formula is C24H37N3O6Zr. The minimum absolute atomic E-state index is 0. The Kier molecular flexibility index (Phi) is 23.9. The molecule has 0 N–H and O–H groups in total. The monoisotopic (exact) mass is 553 g/mol. The van der Waals surface area contributed by atoms with Gasteiger partial charge in [-0.1, -0.05) is 6.08 Å². The number of nitrogens with zero attached hydrogens (tertiary/aromatic N) is 3. The van der Waals surface area contributed by atoms with Gasteiger partial charge >= 0.3 is 26.2 Å². The Morgan fingerprint density at radius 3 is 1.35 bits per heavy atom. The molecule has 1 aliphatic carbocycles. The number of fused-ring (bicyclic) bond motifs is 1. The first-order chi connectivity index (χ1) is 15.6. The summed E-state index contributed by atoms with van der Waals surface area (Å²) < 4.78 is 0. The van der Waals surface area contributed by atoms with E-state index < -0.39 is 18.3 Å². The van der Waals surface area contributed by atoms with E-state index in [4.69, 9.17) is 0 Å². The molecule has 0 bridgehead atoms. The number of carboxylic acid groups (broad SMARTS) is 3. The van der Waals surface area contributed by atoms with Crippen LogP contribution in [-0.4, -0.2) is 72.2 Å². The molecule has 1 aromatic rings. The average Bonchev–Trinajstić information content (AvgIpc) is 3.26. The Hall–Kier alpha value is -2.35. The zero-order valence-electron chi connectivity index (χ0n) is 21.1. The third kappa shape index (κ3) is 16.3. The minimum Gasteiger partial charge on any atom is -0.530 e. The van der Waals surface area contributed by atoms with E-state index >= 15 is 0 Å². The second kappa shape index (κ2) is 22.4. The Morgan fingerprint density at radius 2 is 1.12 bits per heavy atom. The van der Waals surface area contributed by atoms with Crippen LogP contribution in [0.1, 0.15) is 52.7 Å². The van der Waals surface area contributed by atoms with Crippen LogP contribution in [0.15, 0.2) is 24.3 Å². The van der Waals surface area contributed by atoms with Crippen LogP contribution in [-0.2, 0) is 32.6 Å². The molecule has 1 aromatic carbocycles. The molecule has 10 heteroatoms. The van der Waals surface area contributed by atoms with Crippen molar-refractivity contribution in [2.24, 2.45) is 0 Å². The molecule has 34 heavy (non-hydrogen) atoms. The van der Waals surface area contributed by atoms with Gasteiger partial charge in [0.2, 0.25) is 0 Å². The summed E-state index contributed by atoms with van der Waals surface area (Å²) in [5.74, 6) is 0. The third-order valence-electron chi connectivity index (χ3n) is 4.69. The number of hydrogen-bond donors (Lipinski definition) is 0. The van der Waals surface area contributed by atoms with E-state index in [1.807, 2.05) is 12.1 Å². The first-order valence-corrected chi connectivity index (χ1v) is 11.2. The van der Waals surface area contributed by atoms with Gasteiger partial charge in [-0.3, -0.25) is 0 Å². The molecule has 3 amide bonds. The molecule has 0 heterocycles. The van der Waals surface area contributed by atoms with Crippen molar-refractivity contribution >= 4 is 24.4 Å². The summed E-state index contributed by atoms with van der Waals surface area (Å²) in [7, 11) is 0. The van der Waals surface area contributed by atoms with Gasteiger partial charge in [0.15, 0.2) is 0 Å². The molecule has 9 nitrogen and oxygen atoms in total. The largest absolute Gasteiger partial charge is 4.00 e. The van der Waals surface area contributed by atoms with Crippen molar-refractivity contribution < 1.29 is 55.9 Å². The molecule has 0 aromatic heterocycles. The van der Waals surface area contributed by atoms with Crippen molar-refractivity contribution in [2.45, 2.75) is 48.0 Å².